The second-order valence-electron chi connectivity index (χ2n) is 7.12. The third kappa shape index (κ3) is 10.6. The third-order valence-corrected chi connectivity index (χ3v) is 3.87. The highest BCUT2D eigenvalue weighted by molar-refractivity contribution is 5.73. The molecule has 0 heterocycles. The van der Waals surface area contributed by atoms with Gasteiger partial charge in [-0.2, -0.15) is 0 Å². The number of esters is 1. The van der Waals surface area contributed by atoms with Crippen LogP contribution in [0.3, 0.4) is 0 Å². The number of carboxylic acid groups (broad SMARTS) is 1. The maximum absolute atomic E-state index is 11.7. The van der Waals surface area contributed by atoms with Gasteiger partial charge in [-0.1, -0.05) is 41.0 Å². The van der Waals surface area contributed by atoms with Gasteiger partial charge in [0.25, 0.3) is 0 Å². The van der Waals surface area contributed by atoms with Gasteiger partial charge >= 0.3 is 18.0 Å². The summed E-state index contributed by atoms with van der Waals surface area (Å²) in [6, 6.07) is 0. The van der Waals surface area contributed by atoms with E-state index in [0.717, 1.165) is 12.8 Å². The first-order valence-electron chi connectivity index (χ1n) is 8.94. The number of nitrogens with one attached hydrogen (secondary N) is 1. The van der Waals surface area contributed by atoms with Crippen molar-refractivity contribution in [2.75, 3.05) is 6.54 Å². The molecular formula is C18H33NO6. The van der Waals surface area contributed by atoms with Gasteiger partial charge in [0, 0.05) is 13.5 Å². The minimum Gasteiger partial charge on any atom is -0.481 e. The highest BCUT2D eigenvalue weighted by atomic mass is 16.7. The quantitative estimate of drug-likeness (QED) is 0.433. The van der Waals surface area contributed by atoms with Crippen molar-refractivity contribution >= 4 is 18.0 Å². The lowest BCUT2D eigenvalue weighted by atomic mass is 9.86. The molecule has 25 heavy (non-hydrogen) atoms. The first-order chi connectivity index (χ1) is 11.6. The fourth-order valence-corrected chi connectivity index (χ4v) is 2.49. The molecule has 7 nitrogen and oxygen atoms in total. The molecule has 0 aliphatic rings. The molecule has 3 atom stereocenters. The number of ether oxygens (including phenoxy) is 2. The van der Waals surface area contributed by atoms with Crippen molar-refractivity contribution in [3.05, 3.63) is 0 Å². The standard InChI is InChI=1S/C18H33NO6/c1-7-14(8-11(2)3)9-15(16(20)21)10-19-18(23)25-13(6)24-17(22)12(4)5/h11-15H,7-10H2,1-6H3,(H,19,23)(H,20,21)/t13-,14+,15-/m0/s1. The number of carbonyl (C=O) groups excluding carboxylic acids is 2. The highest BCUT2D eigenvalue weighted by Gasteiger charge is 2.24. The Hall–Kier alpha value is -1.79. The van der Waals surface area contributed by atoms with E-state index in [1.807, 2.05) is 6.92 Å². The molecule has 0 aromatic carbocycles. The Morgan fingerprint density at radius 3 is 2.04 bits per heavy atom. The number of amides is 1. The van der Waals surface area contributed by atoms with Crippen LogP contribution in [0, 0.1) is 23.7 Å². The zero-order valence-corrected chi connectivity index (χ0v) is 16.2. The Morgan fingerprint density at radius 1 is 1.00 bits per heavy atom. The zero-order chi connectivity index (χ0) is 19.6. The van der Waals surface area contributed by atoms with Crippen molar-refractivity contribution in [1.82, 2.24) is 5.32 Å². The van der Waals surface area contributed by atoms with Gasteiger partial charge in [0.05, 0.1) is 11.8 Å². The number of hydrogen-bond donors (Lipinski definition) is 2. The smallest absolute Gasteiger partial charge is 0.410 e. The van der Waals surface area contributed by atoms with Crippen molar-refractivity contribution in [2.24, 2.45) is 23.7 Å². The monoisotopic (exact) mass is 359 g/mol. The summed E-state index contributed by atoms with van der Waals surface area (Å²) in [6.45, 7) is 11.0. The van der Waals surface area contributed by atoms with E-state index in [-0.39, 0.29) is 12.5 Å². The average molecular weight is 359 g/mol. The van der Waals surface area contributed by atoms with Gasteiger partial charge in [0.15, 0.2) is 0 Å². The lowest BCUT2D eigenvalue weighted by Gasteiger charge is -2.22. The van der Waals surface area contributed by atoms with Crippen molar-refractivity contribution < 1.29 is 29.0 Å². The van der Waals surface area contributed by atoms with Crippen molar-refractivity contribution in [3.63, 3.8) is 0 Å². The molecular weight excluding hydrogens is 326 g/mol. The zero-order valence-electron chi connectivity index (χ0n) is 16.2. The van der Waals surface area contributed by atoms with E-state index in [0.29, 0.717) is 18.3 Å². The van der Waals surface area contributed by atoms with Crippen LogP contribution < -0.4 is 5.32 Å². The van der Waals surface area contributed by atoms with Gasteiger partial charge in [-0.15, -0.1) is 0 Å². The van der Waals surface area contributed by atoms with Gasteiger partial charge in [-0.05, 0) is 24.7 Å². The number of hydrogen-bond acceptors (Lipinski definition) is 5. The Balaban J connectivity index is 4.43. The molecule has 0 aliphatic heterocycles. The van der Waals surface area contributed by atoms with E-state index in [9.17, 15) is 19.5 Å². The van der Waals surface area contributed by atoms with Crippen LogP contribution in [0.25, 0.3) is 0 Å². The molecule has 7 heteroatoms. The molecule has 1 amide bonds. The largest absolute Gasteiger partial charge is 0.481 e. The Bertz CT molecular complexity index is 435. The molecule has 0 aromatic heterocycles. The first kappa shape index (κ1) is 23.2. The second-order valence-corrected chi connectivity index (χ2v) is 7.12. The summed E-state index contributed by atoms with van der Waals surface area (Å²) in [5.74, 6) is -1.62. The van der Waals surface area contributed by atoms with Crippen LogP contribution in [0.1, 0.15) is 60.8 Å². The first-order valence-corrected chi connectivity index (χ1v) is 8.94. The van der Waals surface area contributed by atoms with E-state index < -0.39 is 30.2 Å². The summed E-state index contributed by atoms with van der Waals surface area (Å²) in [5.41, 5.74) is 0. The molecule has 0 saturated heterocycles. The molecule has 0 aromatic rings. The predicted octanol–water partition coefficient (Wildman–Crippen LogP) is 3.42. The van der Waals surface area contributed by atoms with Crippen LogP contribution >= 0.6 is 0 Å². The number of carboxylic acids is 1. The maximum atomic E-state index is 11.7. The van der Waals surface area contributed by atoms with Gasteiger partial charge in [0.2, 0.25) is 6.29 Å². The maximum Gasteiger partial charge on any atom is 0.410 e. The molecule has 0 aliphatic carbocycles. The normalized spacial score (nSPS) is 14.7. The predicted molar refractivity (Wildman–Crippen MR) is 93.9 cm³/mol. The summed E-state index contributed by atoms with van der Waals surface area (Å²) in [5, 5.41) is 11.8. The molecule has 0 radical (unpaired) electrons. The fraction of sp³-hybridized carbons (Fsp3) is 0.833. The van der Waals surface area contributed by atoms with Crippen molar-refractivity contribution in [1.29, 1.82) is 0 Å². The van der Waals surface area contributed by atoms with E-state index in [1.54, 1.807) is 13.8 Å². The molecule has 0 saturated carbocycles. The van der Waals surface area contributed by atoms with E-state index in [1.165, 1.54) is 6.92 Å². The van der Waals surface area contributed by atoms with Crippen LogP contribution in [0.2, 0.25) is 0 Å². The molecule has 0 bridgehead atoms. The number of alkyl carbamates (subject to hydrolysis) is 1. The van der Waals surface area contributed by atoms with Crippen LogP contribution in [-0.2, 0) is 19.1 Å². The molecule has 0 rings (SSSR count). The van der Waals surface area contributed by atoms with E-state index in [4.69, 9.17) is 9.47 Å². The Morgan fingerprint density at radius 2 is 1.60 bits per heavy atom. The van der Waals surface area contributed by atoms with Gasteiger partial charge in [0.1, 0.15) is 0 Å². The molecule has 0 spiro atoms. The minimum absolute atomic E-state index is 0.0202. The lowest BCUT2D eigenvalue weighted by molar-refractivity contribution is -0.168. The third-order valence-electron chi connectivity index (χ3n) is 3.87. The summed E-state index contributed by atoms with van der Waals surface area (Å²) in [4.78, 5) is 34.6. The van der Waals surface area contributed by atoms with Gasteiger partial charge in [-0.3, -0.25) is 9.59 Å². The Kier molecular flexibility index (Phi) is 10.9. The Labute approximate surface area is 150 Å². The second kappa shape index (κ2) is 11.7. The number of aliphatic carboxylic acids is 1. The summed E-state index contributed by atoms with van der Waals surface area (Å²) >= 11 is 0. The van der Waals surface area contributed by atoms with Crippen LogP contribution in [0.5, 0.6) is 0 Å². The van der Waals surface area contributed by atoms with Crippen molar-refractivity contribution in [3.8, 4) is 0 Å². The average Bonchev–Trinajstić information content (AvgIpc) is 2.48. The van der Waals surface area contributed by atoms with Crippen LogP contribution in [0.15, 0.2) is 0 Å². The van der Waals surface area contributed by atoms with E-state index in [2.05, 4.69) is 19.2 Å². The number of rotatable bonds is 11. The summed E-state index contributed by atoms with van der Waals surface area (Å²) in [7, 11) is 0. The van der Waals surface area contributed by atoms with Gasteiger partial charge in [-0.25, -0.2) is 4.79 Å². The van der Waals surface area contributed by atoms with Gasteiger partial charge < -0.3 is 19.9 Å². The molecule has 0 unspecified atom stereocenters. The van der Waals surface area contributed by atoms with E-state index >= 15 is 0 Å². The molecule has 2 N–H and O–H groups in total. The molecule has 146 valence electrons. The lowest BCUT2D eigenvalue weighted by Crippen LogP contribution is -2.36. The summed E-state index contributed by atoms with van der Waals surface area (Å²) in [6.07, 6.45) is 0.527. The number of carbonyl (C=O) groups is 3. The highest BCUT2D eigenvalue weighted by Crippen LogP contribution is 2.23. The van der Waals surface area contributed by atoms with Crippen molar-refractivity contribution in [2.45, 2.75) is 67.1 Å². The molecule has 0 fully saturated rings. The van der Waals surface area contributed by atoms with Crippen LogP contribution in [-0.4, -0.2) is 36.0 Å². The van der Waals surface area contributed by atoms with Crippen LogP contribution in [0.4, 0.5) is 4.79 Å². The summed E-state index contributed by atoms with van der Waals surface area (Å²) < 4.78 is 9.84. The topological polar surface area (TPSA) is 102 Å². The minimum atomic E-state index is -1.03. The SMILES string of the molecule is CC[C@H](CC(C)C)C[C@@H](CNC(=O)O[C@@H](C)OC(=O)C(C)C)C(=O)O. The fourth-order valence-electron chi connectivity index (χ4n) is 2.49.